The molecular formula is C11H21N3O. The van der Waals surface area contributed by atoms with E-state index in [1.54, 1.807) is 7.11 Å². The summed E-state index contributed by atoms with van der Waals surface area (Å²) in [5, 5.41) is 3.35. The van der Waals surface area contributed by atoms with Crippen LogP contribution in [0.15, 0.2) is 6.33 Å². The van der Waals surface area contributed by atoms with Gasteiger partial charge in [-0.3, -0.25) is 0 Å². The van der Waals surface area contributed by atoms with Crippen LogP contribution in [0.4, 0.5) is 0 Å². The normalized spacial score (nSPS) is 13.1. The Hall–Kier alpha value is -0.870. The van der Waals surface area contributed by atoms with Gasteiger partial charge in [0.25, 0.3) is 0 Å². The molecule has 4 nitrogen and oxygen atoms in total. The van der Waals surface area contributed by atoms with Crippen molar-refractivity contribution in [1.29, 1.82) is 0 Å². The lowest BCUT2D eigenvalue weighted by atomic mass is 10.3. The molecule has 1 rings (SSSR count). The Balaban J connectivity index is 2.40. The Morgan fingerprint density at radius 3 is 2.80 bits per heavy atom. The van der Waals surface area contributed by atoms with Crippen LogP contribution in [0.25, 0.3) is 0 Å². The van der Waals surface area contributed by atoms with Crippen molar-refractivity contribution in [3.05, 3.63) is 17.7 Å². The van der Waals surface area contributed by atoms with Gasteiger partial charge in [-0.1, -0.05) is 0 Å². The number of aromatic nitrogens is 2. The largest absolute Gasteiger partial charge is 0.383 e. The van der Waals surface area contributed by atoms with Gasteiger partial charge in [0.2, 0.25) is 0 Å². The number of aryl methyl sites for hydroxylation is 1. The average molecular weight is 211 g/mol. The second-order valence-corrected chi connectivity index (χ2v) is 3.87. The van der Waals surface area contributed by atoms with Gasteiger partial charge in [0.1, 0.15) is 0 Å². The number of nitrogens with zero attached hydrogens (tertiary/aromatic N) is 2. The molecule has 1 atom stereocenters. The van der Waals surface area contributed by atoms with Crippen LogP contribution in [0.3, 0.4) is 0 Å². The van der Waals surface area contributed by atoms with Crippen molar-refractivity contribution in [1.82, 2.24) is 14.9 Å². The fourth-order valence-corrected chi connectivity index (χ4v) is 1.54. The van der Waals surface area contributed by atoms with Crippen LogP contribution in [0.2, 0.25) is 0 Å². The second-order valence-electron chi connectivity index (χ2n) is 3.87. The topological polar surface area (TPSA) is 39.1 Å². The molecule has 1 aromatic rings. The molecule has 0 saturated heterocycles. The number of rotatable bonds is 6. The lowest BCUT2D eigenvalue weighted by molar-refractivity contribution is 0.198. The Morgan fingerprint density at radius 1 is 1.53 bits per heavy atom. The number of methoxy groups -OCH3 is 1. The highest BCUT2D eigenvalue weighted by atomic mass is 16.5. The summed E-state index contributed by atoms with van der Waals surface area (Å²) in [6.07, 6.45) is 1.91. The first-order valence-corrected chi connectivity index (χ1v) is 5.36. The van der Waals surface area contributed by atoms with Crippen molar-refractivity contribution in [2.45, 2.75) is 26.8 Å². The predicted octanol–water partition coefficient (Wildman–Crippen LogP) is 1.30. The van der Waals surface area contributed by atoms with Gasteiger partial charge in [0.15, 0.2) is 0 Å². The Labute approximate surface area is 91.7 Å². The average Bonchev–Trinajstić information content (AvgIpc) is 2.55. The van der Waals surface area contributed by atoms with Crippen LogP contribution in [-0.2, 0) is 4.74 Å². The van der Waals surface area contributed by atoms with E-state index in [9.17, 15) is 0 Å². The van der Waals surface area contributed by atoms with Crippen molar-refractivity contribution in [3.63, 3.8) is 0 Å². The van der Waals surface area contributed by atoms with Crippen LogP contribution in [-0.4, -0.2) is 36.4 Å². The zero-order valence-corrected chi connectivity index (χ0v) is 10.1. The van der Waals surface area contributed by atoms with E-state index in [1.807, 2.05) is 13.3 Å². The van der Waals surface area contributed by atoms with E-state index < -0.39 is 0 Å². The number of imidazole rings is 1. The van der Waals surface area contributed by atoms with E-state index in [1.165, 1.54) is 5.69 Å². The molecular weight excluding hydrogens is 190 g/mol. The number of ether oxygens (including phenoxy) is 1. The molecule has 1 unspecified atom stereocenters. The third kappa shape index (κ3) is 3.32. The summed E-state index contributed by atoms with van der Waals surface area (Å²) in [5.41, 5.74) is 2.36. The van der Waals surface area contributed by atoms with E-state index in [0.29, 0.717) is 6.04 Å². The molecule has 0 aromatic carbocycles. The third-order valence-corrected chi connectivity index (χ3v) is 2.68. The molecule has 0 amide bonds. The van der Waals surface area contributed by atoms with Gasteiger partial charge in [-0.05, 0) is 20.8 Å². The molecule has 0 aliphatic rings. The Kier molecular flexibility index (Phi) is 4.78. The predicted molar refractivity (Wildman–Crippen MR) is 61.2 cm³/mol. The first-order valence-electron chi connectivity index (χ1n) is 5.36. The molecule has 1 aromatic heterocycles. The molecule has 4 heteroatoms. The Bertz CT molecular complexity index is 296. The summed E-state index contributed by atoms with van der Waals surface area (Å²) in [6.45, 7) is 8.93. The van der Waals surface area contributed by atoms with Gasteiger partial charge < -0.3 is 14.6 Å². The maximum Gasteiger partial charge on any atom is 0.0954 e. The molecule has 0 bridgehead atoms. The SMILES string of the molecule is COCCNCC(C)n1cnc(C)c1C. The number of nitrogens with one attached hydrogen (secondary N) is 1. The standard InChI is InChI=1S/C11H21N3O/c1-9(7-12-5-6-15-4)14-8-13-10(2)11(14)3/h8-9,12H,5-7H2,1-4H3. The minimum Gasteiger partial charge on any atom is -0.383 e. The first kappa shape index (κ1) is 12.2. The molecule has 0 aliphatic heterocycles. The molecule has 0 aliphatic carbocycles. The van der Waals surface area contributed by atoms with Crippen molar-refractivity contribution < 1.29 is 4.74 Å². The van der Waals surface area contributed by atoms with Gasteiger partial charge >= 0.3 is 0 Å². The monoisotopic (exact) mass is 211 g/mol. The highest BCUT2D eigenvalue weighted by Gasteiger charge is 2.08. The van der Waals surface area contributed by atoms with Gasteiger partial charge in [-0.2, -0.15) is 0 Å². The van der Waals surface area contributed by atoms with Crippen molar-refractivity contribution >= 4 is 0 Å². The van der Waals surface area contributed by atoms with E-state index in [2.05, 4.69) is 28.7 Å². The lowest BCUT2D eigenvalue weighted by Gasteiger charge is -2.16. The molecule has 1 N–H and O–H groups in total. The summed E-state index contributed by atoms with van der Waals surface area (Å²) < 4.78 is 7.18. The van der Waals surface area contributed by atoms with Crippen LogP contribution >= 0.6 is 0 Å². The van der Waals surface area contributed by atoms with Crippen LogP contribution in [0.5, 0.6) is 0 Å². The lowest BCUT2D eigenvalue weighted by Crippen LogP contribution is -2.26. The van der Waals surface area contributed by atoms with Crippen LogP contribution < -0.4 is 5.32 Å². The van der Waals surface area contributed by atoms with Crippen molar-refractivity contribution in [2.24, 2.45) is 0 Å². The van der Waals surface area contributed by atoms with Gasteiger partial charge in [0, 0.05) is 31.9 Å². The van der Waals surface area contributed by atoms with Gasteiger partial charge in [-0.15, -0.1) is 0 Å². The van der Waals surface area contributed by atoms with Gasteiger partial charge in [-0.25, -0.2) is 4.98 Å². The summed E-state index contributed by atoms with van der Waals surface area (Å²) >= 11 is 0. The zero-order chi connectivity index (χ0) is 11.3. The molecule has 0 saturated carbocycles. The quantitative estimate of drug-likeness (QED) is 0.721. The van der Waals surface area contributed by atoms with Crippen LogP contribution in [0, 0.1) is 13.8 Å². The number of hydrogen-bond donors (Lipinski definition) is 1. The Morgan fingerprint density at radius 2 is 2.27 bits per heavy atom. The maximum absolute atomic E-state index is 4.98. The van der Waals surface area contributed by atoms with E-state index >= 15 is 0 Å². The van der Waals surface area contributed by atoms with Gasteiger partial charge in [0.05, 0.1) is 18.6 Å². The fraction of sp³-hybridized carbons (Fsp3) is 0.727. The molecule has 0 spiro atoms. The minimum atomic E-state index is 0.433. The molecule has 1 heterocycles. The molecule has 86 valence electrons. The number of hydrogen-bond acceptors (Lipinski definition) is 3. The van der Waals surface area contributed by atoms with Crippen LogP contribution in [0.1, 0.15) is 24.4 Å². The highest BCUT2D eigenvalue weighted by Crippen LogP contribution is 2.11. The zero-order valence-electron chi connectivity index (χ0n) is 10.1. The summed E-state index contributed by atoms with van der Waals surface area (Å²) in [7, 11) is 1.72. The molecule has 0 radical (unpaired) electrons. The highest BCUT2D eigenvalue weighted by molar-refractivity contribution is 5.09. The second kappa shape index (κ2) is 5.88. The minimum absolute atomic E-state index is 0.433. The van der Waals surface area contributed by atoms with E-state index in [-0.39, 0.29) is 0 Å². The summed E-state index contributed by atoms with van der Waals surface area (Å²) in [6, 6.07) is 0.433. The third-order valence-electron chi connectivity index (χ3n) is 2.68. The molecule has 15 heavy (non-hydrogen) atoms. The van der Waals surface area contributed by atoms with E-state index in [0.717, 1.165) is 25.4 Å². The smallest absolute Gasteiger partial charge is 0.0954 e. The van der Waals surface area contributed by atoms with E-state index in [4.69, 9.17) is 4.74 Å². The maximum atomic E-state index is 4.98. The van der Waals surface area contributed by atoms with Crippen molar-refractivity contribution in [2.75, 3.05) is 26.8 Å². The first-order chi connectivity index (χ1) is 7.16. The van der Waals surface area contributed by atoms with Crippen molar-refractivity contribution in [3.8, 4) is 0 Å². The summed E-state index contributed by atoms with van der Waals surface area (Å²) in [5.74, 6) is 0. The fourth-order valence-electron chi connectivity index (χ4n) is 1.54. The summed E-state index contributed by atoms with van der Waals surface area (Å²) in [4.78, 5) is 4.29. The molecule has 0 fully saturated rings.